The van der Waals surface area contributed by atoms with Gasteiger partial charge in [-0.2, -0.15) is 0 Å². The Morgan fingerprint density at radius 3 is 2.83 bits per heavy atom. The molecular formula is C13H16F2N2O. The summed E-state index contributed by atoms with van der Waals surface area (Å²) in [5.74, 6) is -1.09. The van der Waals surface area contributed by atoms with E-state index in [0.717, 1.165) is 12.5 Å². The first-order chi connectivity index (χ1) is 8.60. The Morgan fingerprint density at radius 1 is 1.44 bits per heavy atom. The normalized spacial score (nSPS) is 19.3. The van der Waals surface area contributed by atoms with Crippen LogP contribution in [0.5, 0.6) is 0 Å². The average molecular weight is 254 g/mol. The summed E-state index contributed by atoms with van der Waals surface area (Å²) in [4.78, 5) is 13.6. The van der Waals surface area contributed by atoms with Gasteiger partial charge in [0.25, 0.3) is 0 Å². The van der Waals surface area contributed by atoms with Crippen molar-refractivity contribution in [2.45, 2.75) is 12.8 Å². The molecule has 1 unspecified atom stereocenters. The van der Waals surface area contributed by atoms with Gasteiger partial charge >= 0.3 is 0 Å². The molecule has 3 nitrogen and oxygen atoms in total. The predicted octanol–water partition coefficient (Wildman–Crippen LogP) is 1.31. The quantitative estimate of drug-likeness (QED) is 0.884. The second-order valence-corrected chi connectivity index (χ2v) is 4.64. The zero-order valence-corrected chi connectivity index (χ0v) is 10.0. The van der Waals surface area contributed by atoms with Crippen LogP contribution in [0.4, 0.5) is 8.78 Å². The maximum atomic E-state index is 13.4. The molecule has 0 bridgehead atoms. The predicted molar refractivity (Wildman–Crippen MR) is 63.8 cm³/mol. The zero-order valence-electron chi connectivity index (χ0n) is 10.0. The van der Waals surface area contributed by atoms with Gasteiger partial charge in [0, 0.05) is 19.2 Å². The highest BCUT2D eigenvalue weighted by Gasteiger charge is 2.25. The molecule has 1 aliphatic rings. The van der Waals surface area contributed by atoms with Crippen LogP contribution in [0.25, 0.3) is 0 Å². The molecule has 1 fully saturated rings. The van der Waals surface area contributed by atoms with Gasteiger partial charge in [-0.05, 0) is 30.5 Å². The molecule has 1 heterocycles. The summed E-state index contributed by atoms with van der Waals surface area (Å²) in [7, 11) is 0. The number of benzene rings is 1. The van der Waals surface area contributed by atoms with Crippen LogP contribution < -0.4 is 5.73 Å². The second-order valence-electron chi connectivity index (χ2n) is 4.64. The van der Waals surface area contributed by atoms with E-state index in [1.165, 1.54) is 12.1 Å². The lowest BCUT2D eigenvalue weighted by atomic mass is 10.1. The van der Waals surface area contributed by atoms with E-state index < -0.39 is 11.6 Å². The number of amides is 1. The van der Waals surface area contributed by atoms with Crippen LogP contribution in [0, 0.1) is 17.6 Å². The Kier molecular flexibility index (Phi) is 3.91. The number of likely N-dealkylation sites (tertiary alicyclic amines) is 1. The summed E-state index contributed by atoms with van der Waals surface area (Å²) < 4.78 is 26.1. The van der Waals surface area contributed by atoms with Crippen LogP contribution in [-0.4, -0.2) is 30.4 Å². The van der Waals surface area contributed by atoms with E-state index in [-0.39, 0.29) is 17.9 Å². The fourth-order valence-electron chi connectivity index (χ4n) is 2.19. The van der Waals surface area contributed by atoms with Gasteiger partial charge in [0.2, 0.25) is 5.91 Å². The molecule has 1 aliphatic heterocycles. The molecule has 1 aromatic rings. The van der Waals surface area contributed by atoms with Gasteiger partial charge in [-0.15, -0.1) is 0 Å². The highest BCUT2D eigenvalue weighted by molar-refractivity contribution is 5.79. The van der Waals surface area contributed by atoms with Crippen LogP contribution in [-0.2, 0) is 11.2 Å². The van der Waals surface area contributed by atoms with Crippen molar-refractivity contribution >= 4 is 5.91 Å². The molecule has 1 amide bonds. The summed E-state index contributed by atoms with van der Waals surface area (Å²) in [6.45, 7) is 1.87. The first kappa shape index (κ1) is 13.0. The molecule has 0 spiro atoms. The van der Waals surface area contributed by atoms with E-state index in [0.29, 0.717) is 25.6 Å². The highest BCUT2D eigenvalue weighted by atomic mass is 19.1. The van der Waals surface area contributed by atoms with Crippen molar-refractivity contribution in [3.8, 4) is 0 Å². The van der Waals surface area contributed by atoms with Crippen LogP contribution in [0.15, 0.2) is 18.2 Å². The van der Waals surface area contributed by atoms with Crippen LogP contribution >= 0.6 is 0 Å². The maximum Gasteiger partial charge on any atom is 0.227 e. The van der Waals surface area contributed by atoms with Gasteiger partial charge in [-0.25, -0.2) is 8.78 Å². The van der Waals surface area contributed by atoms with Crippen molar-refractivity contribution in [1.82, 2.24) is 4.90 Å². The number of nitrogens with two attached hydrogens (primary N) is 1. The fraction of sp³-hybridized carbons (Fsp3) is 0.462. The maximum absolute atomic E-state index is 13.4. The average Bonchev–Trinajstić information content (AvgIpc) is 2.81. The van der Waals surface area contributed by atoms with Gasteiger partial charge < -0.3 is 10.6 Å². The lowest BCUT2D eigenvalue weighted by Gasteiger charge is -2.16. The number of hydrogen-bond donors (Lipinski definition) is 1. The monoisotopic (exact) mass is 254 g/mol. The molecule has 5 heteroatoms. The first-order valence-corrected chi connectivity index (χ1v) is 6.02. The largest absolute Gasteiger partial charge is 0.342 e. The molecule has 2 rings (SSSR count). The molecule has 2 N–H and O–H groups in total. The molecule has 0 radical (unpaired) electrons. The lowest BCUT2D eigenvalue weighted by molar-refractivity contribution is -0.129. The van der Waals surface area contributed by atoms with E-state index >= 15 is 0 Å². The number of halogens is 2. The smallest absolute Gasteiger partial charge is 0.227 e. The van der Waals surface area contributed by atoms with Crippen molar-refractivity contribution in [2.24, 2.45) is 11.7 Å². The first-order valence-electron chi connectivity index (χ1n) is 6.02. The summed E-state index contributed by atoms with van der Waals surface area (Å²) in [5.41, 5.74) is 5.78. The highest BCUT2D eigenvalue weighted by Crippen LogP contribution is 2.17. The van der Waals surface area contributed by atoms with E-state index in [9.17, 15) is 13.6 Å². The summed E-state index contributed by atoms with van der Waals surface area (Å²) in [6, 6.07) is 3.28. The van der Waals surface area contributed by atoms with Gasteiger partial charge in [-0.3, -0.25) is 4.79 Å². The minimum absolute atomic E-state index is 0.0244. The molecule has 1 atom stereocenters. The number of nitrogens with zero attached hydrogens (tertiary/aromatic N) is 1. The standard InChI is InChI=1S/C13H16F2N2O/c14-11-2-1-10(12(15)6-11)5-13(18)17-4-3-9(7-16)8-17/h1-2,6,9H,3-5,7-8,16H2. The van der Waals surface area contributed by atoms with Crippen molar-refractivity contribution < 1.29 is 13.6 Å². The summed E-state index contributed by atoms with van der Waals surface area (Å²) >= 11 is 0. The molecular weight excluding hydrogens is 238 g/mol. The summed E-state index contributed by atoms with van der Waals surface area (Å²) in [6.07, 6.45) is 0.873. The fourth-order valence-corrected chi connectivity index (χ4v) is 2.19. The molecule has 18 heavy (non-hydrogen) atoms. The van der Waals surface area contributed by atoms with Gasteiger partial charge in [0.1, 0.15) is 11.6 Å². The van der Waals surface area contributed by atoms with Crippen molar-refractivity contribution in [3.05, 3.63) is 35.4 Å². The Labute approximate surface area is 105 Å². The lowest BCUT2D eigenvalue weighted by Crippen LogP contribution is -2.31. The van der Waals surface area contributed by atoms with Crippen molar-refractivity contribution in [3.63, 3.8) is 0 Å². The number of rotatable bonds is 3. The van der Waals surface area contributed by atoms with Crippen LogP contribution in [0.3, 0.4) is 0 Å². The minimum Gasteiger partial charge on any atom is -0.342 e. The van der Waals surface area contributed by atoms with Crippen LogP contribution in [0.2, 0.25) is 0 Å². The molecule has 1 aromatic carbocycles. The third-order valence-electron chi connectivity index (χ3n) is 3.33. The molecule has 98 valence electrons. The summed E-state index contributed by atoms with van der Waals surface area (Å²) in [5, 5.41) is 0. The topological polar surface area (TPSA) is 46.3 Å². The molecule has 0 saturated carbocycles. The van der Waals surface area contributed by atoms with Gasteiger partial charge in [0.15, 0.2) is 0 Å². The number of hydrogen-bond acceptors (Lipinski definition) is 2. The minimum atomic E-state index is -0.669. The zero-order chi connectivity index (χ0) is 13.1. The van der Waals surface area contributed by atoms with E-state index in [2.05, 4.69) is 0 Å². The Balaban J connectivity index is 1.99. The van der Waals surface area contributed by atoms with E-state index in [1.54, 1.807) is 4.90 Å². The SMILES string of the molecule is NCC1CCN(C(=O)Cc2ccc(F)cc2F)C1. The van der Waals surface area contributed by atoms with Gasteiger partial charge in [-0.1, -0.05) is 6.07 Å². The van der Waals surface area contributed by atoms with Crippen LogP contribution in [0.1, 0.15) is 12.0 Å². The molecule has 0 aliphatic carbocycles. The van der Waals surface area contributed by atoms with Crippen molar-refractivity contribution in [2.75, 3.05) is 19.6 Å². The Morgan fingerprint density at radius 2 is 2.22 bits per heavy atom. The Bertz CT molecular complexity index is 451. The second kappa shape index (κ2) is 5.44. The number of carbonyl (C=O) groups is 1. The van der Waals surface area contributed by atoms with Gasteiger partial charge in [0.05, 0.1) is 6.42 Å². The third kappa shape index (κ3) is 2.85. The Hall–Kier alpha value is -1.49. The molecule has 0 aromatic heterocycles. The number of carbonyl (C=O) groups excluding carboxylic acids is 1. The van der Waals surface area contributed by atoms with E-state index in [1.807, 2.05) is 0 Å². The molecule has 1 saturated heterocycles. The van der Waals surface area contributed by atoms with E-state index in [4.69, 9.17) is 5.73 Å². The third-order valence-corrected chi connectivity index (χ3v) is 3.33. The van der Waals surface area contributed by atoms with Crippen molar-refractivity contribution in [1.29, 1.82) is 0 Å².